The number of rotatable bonds is 9. The third kappa shape index (κ3) is 5.88. The zero-order valence-corrected chi connectivity index (χ0v) is 18.2. The number of sulfonamides is 1. The van der Waals surface area contributed by atoms with Crippen molar-refractivity contribution in [3.8, 4) is 0 Å². The molecule has 7 nitrogen and oxygen atoms in total. The molecule has 1 fully saturated rings. The number of ether oxygens (including phenoxy) is 1. The summed E-state index contributed by atoms with van der Waals surface area (Å²) >= 11 is 0. The lowest BCUT2D eigenvalue weighted by Gasteiger charge is -2.33. The third-order valence-corrected chi connectivity index (χ3v) is 7.41. The van der Waals surface area contributed by atoms with E-state index in [1.54, 1.807) is 55.5 Å². The fourth-order valence-corrected chi connectivity index (χ4v) is 5.41. The molecule has 0 spiro atoms. The zero-order valence-electron chi connectivity index (χ0n) is 17.4. The number of hydroxylamine groups is 2. The minimum atomic E-state index is -3.73. The Labute approximate surface area is 182 Å². The molecule has 2 aromatic carbocycles. The molecule has 0 aliphatic carbocycles. The van der Waals surface area contributed by atoms with Gasteiger partial charge in [0, 0.05) is 18.7 Å². The molecule has 1 aliphatic rings. The van der Waals surface area contributed by atoms with Crippen LogP contribution in [0.5, 0.6) is 0 Å². The number of benzene rings is 2. The van der Waals surface area contributed by atoms with Gasteiger partial charge in [-0.2, -0.15) is 0 Å². The summed E-state index contributed by atoms with van der Waals surface area (Å²) in [7, 11) is -3.73. The van der Waals surface area contributed by atoms with E-state index in [-0.39, 0.29) is 38.0 Å². The molecular weight excluding hydrogens is 423 g/mol. The number of carbonyl (C=O) groups excluding carboxylic acids is 1. The predicted octanol–water partition coefficient (Wildman–Crippen LogP) is 3.03. The van der Waals surface area contributed by atoms with Crippen LogP contribution in [0.1, 0.15) is 35.6 Å². The highest BCUT2D eigenvalue weighted by Gasteiger charge is 2.33. The van der Waals surface area contributed by atoms with E-state index in [0.29, 0.717) is 34.6 Å². The SMILES string of the molecule is Cc1cccc(COC2CCN(S(=O)(=O)CC(c3ccccc3)N(O)C=O)CC2)c1F. The quantitative estimate of drug-likeness (QED) is 0.361. The van der Waals surface area contributed by atoms with Crippen molar-refractivity contribution in [2.45, 2.75) is 38.5 Å². The maximum atomic E-state index is 14.1. The molecule has 0 bridgehead atoms. The standard InChI is InChI=1S/C22H27FN2O5S/c1-17-6-5-9-19(22(17)23)14-30-20-10-12-24(13-11-20)31(28,29)15-21(25(27)16-26)18-7-3-2-4-8-18/h2-9,16,20-21,27H,10-15H2,1H3. The molecule has 1 amide bonds. The molecule has 0 saturated carbocycles. The van der Waals surface area contributed by atoms with Crippen molar-refractivity contribution in [3.63, 3.8) is 0 Å². The second-order valence-corrected chi connectivity index (χ2v) is 9.66. The van der Waals surface area contributed by atoms with Gasteiger partial charge in [-0.15, -0.1) is 0 Å². The maximum absolute atomic E-state index is 14.1. The summed E-state index contributed by atoms with van der Waals surface area (Å²) < 4.78 is 47.2. The lowest BCUT2D eigenvalue weighted by Crippen LogP contribution is -2.44. The van der Waals surface area contributed by atoms with Crippen LogP contribution in [0.25, 0.3) is 0 Å². The average Bonchev–Trinajstić information content (AvgIpc) is 2.79. The van der Waals surface area contributed by atoms with Crippen LogP contribution in [0.15, 0.2) is 48.5 Å². The van der Waals surface area contributed by atoms with Gasteiger partial charge in [0.25, 0.3) is 0 Å². The van der Waals surface area contributed by atoms with Gasteiger partial charge in [0.2, 0.25) is 16.4 Å². The van der Waals surface area contributed by atoms with E-state index in [2.05, 4.69) is 0 Å². The van der Waals surface area contributed by atoms with E-state index >= 15 is 0 Å². The van der Waals surface area contributed by atoms with Crippen molar-refractivity contribution < 1.29 is 27.5 Å². The first-order valence-corrected chi connectivity index (χ1v) is 11.7. The van der Waals surface area contributed by atoms with Gasteiger partial charge < -0.3 is 4.74 Å². The highest BCUT2D eigenvalue weighted by atomic mass is 32.2. The van der Waals surface area contributed by atoms with Crippen molar-refractivity contribution >= 4 is 16.4 Å². The second kappa shape index (κ2) is 10.3. The van der Waals surface area contributed by atoms with Gasteiger partial charge >= 0.3 is 0 Å². The molecule has 1 heterocycles. The Bertz CT molecular complexity index is 979. The van der Waals surface area contributed by atoms with E-state index in [1.807, 2.05) is 0 Å². The number of carbonyl (C=O) groups is 1. The Balaban J connectivity index is 1.58. The van der Waals surface area contributed by atoms with Gasteiger partial charge in [-0.3, -0.25) is 10.0 Å². The van der Waals surface area contributed by atoms with Crippen LogP contribution in [0.2, 0.25) is 0 Å². The predicted molar refractivity (Wildman–Crippen MR) is 113 cm³/mol. The highest BCUT2D eigenvalue weighted by Crippen LogP contribution is 2.25. The lowest BCUT2D eigenvalue weighted by atomic mass is 10.1. The molecule has 1 aliphatic heterocycles. The van der Waals surface area contributed by atoms with Crippen LogP contribution in [0, 0.1) is 12.7 Å². The smallest absolute Gasteiger partial charge is 0.233 e. The number of amides is 1. The number of halogens is 1. The van der Waals surface area contributed by atoms with Crippen LogP contribution in [-0.4, -0.2) is 54.3 Å². The molecule has 31 heavy (non-hydrogen) atoms. The summed E-state index contributed by atoms with van der Waals surface area (Å²) in [5.41, 5.74) is 1.57. The van der Waals surface area contributed by atoms with E-state index in [9.17, 15) is 22.8 Å². The fraction of sp³-hybridized carbons (Fsp3) is 0.409. The Morgan fingerprint density at radius 1 is 1.19 bits per heavy atom. The Morgan fingerprint density at radius 2 is 1.87 bits per heavy atom. The van der Waals surface area contributed by atoms with Crippen molar-refractivity contribution in [1.29, 1.82) is 0 Å². The largest absolute Gasteiger partial charge is 0.373 e. The van der Waals surface area contributed by atoms with Crippen LogP contribution < -0.4 is 0 Å². The maximum Gasteiger partial charge on any atom is 0.233 e. The van der Waals surface area contributed by atoms with Crippen molar-refractivity contribution in [2.75, 3.05) is 18.8 Å². The average molecular weight is 451 g/mol. The number of hydrogen-bond donors (Lipinski definition) is 1. The van der Waals surface area contributed by atoms with Gasteiger partial charge in [-0.05, 0) is 30.9 Å². The number of nitrogens with zero attached hydrogens (tertiary/aromatic N) is 2. The normalized spacial score (nSPS) is 16.7. The molecule has 1 atom stereocenters. The zero-order chi connectivity index (χ0) is 22.4. The van der Waals surface area contributed by atoms with E-state index < -0.39 is 21.8 Å². The van der Waals surface area contributed by atoms with Crippen LogP contribution >= 0.6 is 0 Å². The molecule has 2 aromatic rings. The van der Waals surface area contributed by atoms with Crippen molar-refractivity contribution in [3.05, 3.63) is 71.0 Å². The van der Waals surface area contributed by atoms with Crippen LogP contribution in [0.4, 0.5) is 4.39 Å². The highest BCUT2D eigenvalue weighted by molar-refractivity contribution is 7.89. The number of hydrogen-bond acceptors (Lipinski definition) is 5. The molecule has 168 valence electrons. The Morgan fingerprint density at radius 3 is 2.52 bits per heavy atom. The molecule has 1 saturated heterocycles. The summed E-state index contributed by atoms with van der Waals surface area (Å²) in [5, 5.41) is 10.3. The van der Waals surface area contributed by atoms with Gasteiger partial charge in [0.15, 0.2) is 0 Å². The number of aryl methyl sites for hydroxylation is 1. The van der Waals surface area contributed by atoms with Gasteiger partial charge in [0.05, 0.1) is 24.5 Å². The second-order valence-electron chi connectivity index (χ2n) is 7.65. The minimum Gasteiger partial charge on any atom is -0.373 e. The summed E-state index contributed by atoms with van der Waals surface area (Å²) in [5.74, 6) is -0.704. The van der Waals surface area contributed by atoms with Crippen LogP contribution in [0.3, 0.4) is 0 Å². The van der Waals surface area contributed by atoms with Gasteiger partial charge in [0.1, 0.15) is 5.82 Å². The molecule has 0 radical (unpaired) electrons. The van der Waals surface area contributed by atoms with E-state index in [1.165, 1.54) is 4.31 Å². The summed E-state index contributed by atoms with van der Waals surface area (Å²) in [6.07, 6.45) is 1.01. The molecule has 9 heteroatoms. The fourth-order valence-electron chi connectivity index (χ4n) is 3.68. The molecule has 1 N–H and O–H groups in total. The van der Waals surface area contributed by atoms with Crippen molar-refractivity contribution in [1.82, 2.24) is 9.37 Å². The molecule has 0 aromatic heterocycles. The Kier molecular flexibility index (Phi) is 7.77. The summed E-state index contributed by atoms with van der Waals surface area (Å²) in [6.45, 7) is 2.36. The monoisotopic (exact) mass is 450 g/mol. The third-order valence-electron chi connectivity index (χ3n) is 5.52. The molecule has 3 rings (SSSR count). The first kappa shape index (κ1) is 23.3. The summed E-state index contributed by atoms with van der Waals surface area (Å²) in [6, 6.07) is 12.7. The van der Waals surface area contributed by atoms with E-state index in [0.717, 1.165) is 0 Å². The summed E-state index contributed by atoms with van der Waals surface area (Å²) in [4.78, 5) is 11.1. The first-order valence-electron chi connectivity index (χ1n) is 10.1. The van der Waals surface area contributed by atoms with Gasteiger partial charge in [-0.25, -0.2) is 22.2 Å². The number of piperidine rings is 1. The minimum absolute atomic E-state index is 0.139. The first-order chi connectivity index (χ1) is 14.8. The van der Waals surface area contributed by atoms with Gasteiger partial charge in [-0.1, -0.05) is 48.5 Å². The Hall–Kier alpha value is -2.33. The van der Waals surface area contributed by atoms with Crippen molar-refractivity contribution in [2.24, 2.45) is 0 Å². The topological polar surface area (TPSA) is 87.2 Å². The van der Waals surface area contributed by atoms with E-state index in [4.69, 9.17) is 4.74 Å². The molecular formula is C22H27FN2O5S. The molecule has 1 unspecified atom stereocenters. The van der Waals surface area contributed by atoms with Crippen LogP contribution in [-0.2, 0) is 26.2 Å². The lowest BCUT2D eigenvalue weighted by molar-refractivity contribution is -0.159.